The molecule has 9 heteroatoms. The van der Waals surface area contributed by atoms with Crippen molar-refractivity contribution in [2.24, 2.45) is 0 Å². The van der Waals surface area contributed by atoms with Crippen molar-refractivity contribution in [1.82, 2.24) is 4.90 Å². The Balaban J connectivity index is 1.46. The smallest absolute Gasteiger partial charge is 0.357 e. The Hall–Kier alpha value is -1.77. The Labute approximate surface area is 214 Å². The van der Waals surface area contributed by atoms with Crippen LogP contribution < -0.4 is 5.32 Å². The molecule has 2 N–H and O–H groups in total. The quantitative estimate of drug-likeness (QED) is 0.371. The number of halogens is 2. The first-order valence-corrected chi connectivity index (χ1v) is 13.3. The number of esters is 1. The number of carbonyl (C=O) groups excluding carboxylic acids is 1. The van der Waals surface area contributed by atoms with E-state index in [1.165, 1.54) is 0 Å². The molecule has 2 heterocycles. The Bertz CT molecular complexity index is 1020. The third-order valence-corrected chi connectivity index (χ3v) is 7.79. The monoisotopic (exact) mass is 521 g/mol. The number of rotatable bonds is 8. The van der Waals surface area contributed by atoms with Gasteiger partial charge in [-0.15, -0.1) is 0 Å². The highest BCUT2D eigenvalue weighted by Gasteiger charge is 2.39. The van der Waals surface area contributed by atoms with E-state index in [0.29, 0.717) is 47.6 Å². The zero-order valence-corrected chi connectivity index (χ0v) is 21.3. The number of morpholine rings is 1. The topological polar surface area (TPSA) is 74.7 Å². The van der Waals surface area contributed by atoms with Crippen LogP contribution in [0.4, 0.5) is 5.69 Å². The standard InChI is InChI=1S/C25H29Cl2N3O3S/c26-19-6-5-18(21(27)15-19)16-29-22-4-2-1-3-20(22)23(28)24(31)33-25(7-13-34-14-8-25)17-30-9-11-32-12-10-30/h1-6,15,28-29H,7-14,16-17H2. The van der Waals surface area contributed by atoms with E-state index >= 15 is 0 Å². The minimum Gasteiger partial charge on any atom is -0.453 e. The Morgan fingerprint density at radius 3 is 2.62 bits per heavy atom. The molecule has 34 heavy (non-hydrogen) atoms. The molecule has 4 rings (SSSR count). The van der Waals surface area contributed by atoms with Crippen LogP contribution in [-0.2, 0) is 20.8 Å². The molecule has 6 nitrogen and oxygen atoms in total. The Morgan fingerprint density at radius 1 is 1.15 bits per heavy atom. The molecule has 0 bridgehead atoms. The third kappa shape index (κ3) is 6.46. The molecule has 2 aliphatic heterocycles. The zero-order chi connectivity index (χ0) is 24.0. The molecule has 0 unspecified atom stereocenters. The predicted molar refractivity (Wildman–Crippen MR) is 140 cm³/mol. The van der Waals surface area contributed by atoms with Crippen LogP contribution in [0.1, 0.15) is 24.0 Å². The van der Waals surface area contributed by atoms with E-state index in [0.717, 1.165) is 43.0 Å². The average Bonchev–Trinajstić information content (AvgIpc) is 2.84. The van der Waals surface area contributed by atoms with Crippen molar-refractivity contribution in [1.29, 1.82) is 5.41 Å². The molecule has 2 fully saturated rings. The van der Waals surface area contributed by atoms with Crippen LogP contribution in [0.2, 0.25) is 10.0 Å². The van der Waals surface area contributed by atoms with Crippen LogP contribution in [0.15, 0.2) is 42.5 Å². The van der Waals surface area contributed by atoms with Crippen molar-refractivity contribution in [3.05, 3.63) is 63.6 Å². The number of hydrogen-bond acceptors (Lipinski definition) is 7. The van der Waals surface area contributed by atoms with Crippen molar-refractivity contribution in [2.45, 2.75) is 25.0 Å². The SMILES string of the molecule is N=C(C(=O)OC1(CN2CCOCC2)CCSCC1)c1ccccc1NCc1ccc(Cl)cc1Cl. The maximum Gasteiger partial charge on any atom is 0.357 e. The summed E-state index contributed by atoms with van der Waals surface area (Å²) in [4.78, 5) is 15.5. The highest BCUT2D eigenvalue weighted by molar-refractivity contribution is 7.99. The first kappa shape index (κ1) is 25.3. The number of benzene rings is 2. The fraction of sp³-hybridized carbons (Fsp3) is 0.440. The van der Waals surface area contributed by atoms with E-state index in [-0.39, 0.29) is 5.71 Å². The maximum absolute atomic E-state index is 13.2. The number of thioether (sulfide) groups is 1. The zero-order valence-electron chi connectivity index (χ0n) is 18.9. The van der Waals surface area contributed by atoms with Crippen molar-refractivity contribution < 1.29 is 14.3 Å². The normalized spacial score (nSPS) is 18.3. The van der Waals surface area contributed by atoms with Gasteiger partial charge in [0.05, 0.1) is 13.2 Å². The number of nitrogens with zero attached hydrogens (tertiary/aromatic N) is 1. The van der Waals surface area contributed by atoms with Gasteiger partial charge in [-0.1, -0.05) is 47.5 Å². The third-order valence-electron chi connectivity index (χ3n) is 6.21. The van der Waals surface area contributed by atoms with E-state index in [9.17, 15) is 4.79 Å². The molecule has 2 aliphatic rings. The lowest BCUT2D eigenvalue weighted by atomic mass is 9.95. The average molecular weight is 522 g/mol. The van der Waals surface area contributed by atoms with Crippen molar-refractivity contribution >= 4 is 52.3 Å². The lowest BCUT2D eigenvalue weighted by molar-refractivity contribution is -0.155. The maximum atomic E-state index is 13.2. The van der Waals surface area contributed by atoms with E-state index in [2.05, 4.69) is 10.2 Å². The van der Waals surface area contributed by atoms with E-state index in [1.807, 2.05) is 36.0 Å². The first-order chi connectivity index (χ1) is 16.5. The molecular weight excluding hydrogens is 493 g/mol. The second-order valence-electron chi connectivity index (χ2n) is 8.58. The Kier molecular flexibility index (Phi) is 8.77. The number of nitrogens with one attached hydrogen (secondary N) is 2. The molecule has 2 aromatic carbocycles. The summed E-state index contributed by atoms with van der Waals surface area (Å²) in [5, 5.41) is 13.1. The molecule has 182 valence electrons. The molecular formula is C25H29Cl2N3O3S. The summed E-state index contributed by atoms with van der Waals surface area (Å²) >= 11 is 14.2. The van der Waals surface area contributed by atoms with Gasteiger partial charge in [-0.25, -0.2) is 4.79 Å². The summed E-state index contributed by atoms with van der Waals surface area (Å²) < 4.78 is 11.6. The molecule has 2 saturated heterocycles. The number of hydrogen-bond donors (Lipinski definition) is 2. The van der Waals surface area contributed by atoms with Gasteiger partial charge < -0.3 is 14.8 Å². The lowest BCUT2D eigenvalue weighted by Crippen LogP contribution is -2.52. The Morgan fingerprint density at radius 2 is 1.88 bits per heavy atom. The van der Waals surface area contributed by atoms with Crippen LogP contribution in [0, 0.1) is 5.41 Å². The van der Waals surface area contributed by atoms with Crippen LogP contribution >= 0.6 is 35.0 Å². The van der Waals surface area contributed by atoms with Crippen LogP contribution in [0.3, 0.4) is 0 Å². The largest absolute Gasteiger partial charge is 0.453 e. The number of carbonyl (C=O) groups is 1. The van der Waals surface area contributed by atoms with Gasteiger partial charge >= 0.3 is 5.97 Å². The summed E-state index contributed by atoms with van der Waals surface area (Å²) in [6.07, 6.45) is 1.59. The van der Waals surface area contributed by atoms with Crippen LogP contribution in [-0.4, -0.2) is 66.5 Å². The van der Waals surface area contributed by atoms with Gasteiger partial charge in [0.25, 0.3) is 0 Å². The van der Waals surface area contributed by atoms with E-state index in [1.54, 1.807) is 18.2 Å². The number of anilines is 1. The summed E-state index contributed by atoms with van der Waals surface area (Å²) in [5.74, 6) is 1.31. The summed E-state index contributed by atoms with van der Waals surface area (Å²) in [6.45, 7) is 4.20. The second-order valence-corrected chi connectivity index (χ2v) is 10.7. The highest BCUT2D eigenvalue weighted by atomic mass is 35.5. The van der Waals surface area contributed by atoms with Crippen LogP contribution in [0.25, 0.3) is 0 Å². The lowest BCUT2D eigenvalue weighted by Gasteiger charge is -2.41. The fourth-order valence-electron chi connectivity index (χ4n) is 4.27. The minimum absolute atomic E-state index is 0.148. The molecule has 2 aromatic rings. The van der Waals surface area contributed by atoms with Gasteiger partial charge in [0.1, 0.15) is 11.3 Å². The van der Waals surface area contributed by atoms with Gasteiger partial charge in [-0.2, -0.15) is 11.8 Å². The van der Waals surface area contributed by atoms with E-state index < -0.39 is 11.6 Å². The van der Waals surface area contributed by atoms with E-state index in [4.69, 9.17) is 38.1 Å². The molecule has 0 aliphatic carbocycles. The molecule has 0 saturated carbocycles. The fourth-order valence-corrected chi connectivity index (χ4v) is 5.98. The minimum atomic E-state index is -0.584. The van der Waals surface area contributed by atoms with Crippen molar-refractivity contribution in [3.63, 3.8) is 0 Å². The van der Waals surface area contributed by atoms with Gasteiger partial charge in [0, 0.05) is 47.5 Å². The van der Waals surface area contributed by atoms with Gasteiger partial charge in [-0.3, -0.25) is 10.3 Å². The van der Waals surface area contributed by atoms with Gasteiger partial charge in [0.2, 0.25) is 0 Å². The summed E-state index contributed by atoms with van der Waals surface area (Å²) in [5.41, 5.74) is 1.34. The molecule has 0 aromatic heterocycles. The number of ether oxygens (including phenoxy) is 2. The number of para-hydroxylation sites is 1. The molecule has 0 atom stereocenters. The van der Waals surface area contributed by atoms with Gasteiger partial charge in [0.15, 0.2) is 0 Å². The molecule has 0 radical (unpaired) electrons. The van der Waals surface area contributed by atoms with Crippen LogP contribution in [0.5, 0.6) is 0 Å². The second kappa shape index (κ2) is 11.8. The first-order valence-electron chi connectivity index (χ1n) is 11.4. The molecule has 0 amide bonds. The van der Waals surface area contributed by atoms with Crippen molar-refractivity contribution in [3.8, 4) is 0 Å². The molecule has 0 spiro atoms. The highest BCUT2D eigenvalue weighted by Crippen LogP contribution is 2.32. The predicted octanol–water partition coefficient (Wildman–Crippen LogP) is 5.11. The van der Waals surface area contributed by atoms with Gasteiger partial charge in [-0.05, 0) is 48.1 Å². The van der Waals surface area contributed by atoms with Crippen molar-refractivity contribution in [2.75, 3.05) is 49.7 Å². The summed E-state index contributed by atoms with van der Waals surface area (Å²) in [6, 6.07) is 12.6. The summed E-state index contributed by atoms with van der Waals surface area (Å²) in [7, 11) is 0.